The number of nitrogens with one attached hydrogen (secondary N) is 1. The van der Waals surface area contributed by atoms with Gasteiger partial charge in [0.2, 0.25) is 0 Å². The molecule has 0 aromatic carbocycles. The second-order valence-corrected chi connectivity index (χ2v) is 5.70. The average Bonchev–Trinajstić information content (AvgIpc) is 2.29. The van der Waals surface area contributed by atoms with Crippen molar-refractivity contribution in [3.8, 4) is 0 Å². The molecule has 0 aromatic rings. The van der Waals surface area contributed by atoms with Crippen LogP contribution in [0.25, 0.3) is 0 Å². The Labute approximate surface area is 105 Å². The maximum atomic E-state index is 5.89. The van der Waals surface area contributed by atoms with Gasteiger partial charge in [0.1, 0.15) is 0 Å². The summed E-state index contributed by atoms with van der Waals surface area (Å²) in [6.45, 7) is 14.4. The lowest BCUT2D eigenvalue weighted by atomic mass is 10.2. The zero-order valence-electron chi connectivity index (χ0n) is 11.5. The Morgan fingerprint density at radius 2 is 2.12 bits per heavy atom. The molecule has 2 heterocycles. The Bertz CT molecular complexity index is 235. The van der Waals surface area contributed by atoms with Gasteiger partial charge in [0.05, 0.1) is 12.7 Å². The standard InChI is InChI=1S/C13H27N3O/c1-11(2)16-6-7-17-13(10-16)9-15-5-4-14-12(3)8-15/h11-14H,4-10H2,1-3H3. The normalized spacial score (nSPS) is 33.2. The lowest BCUT2D eigenvalue weighted by Crippen LogP contribution is -2.54. The molecule has 2 unspecified atom stereocenters. The third-order valence-electron chi connectivity index (χ3n) is 3.82. The van der Waals surface area contributed by atoms with Gasteiger partial charge in [-0.15, -0.1) is 0 Å². The molecule has 0 radical (unpaired) electrons. The summed E-state index contributed by atoms with van der Waals surface area (Å²) in [5, 5.41) is 3.48. The molecule has 2 aliphatic rings. The van der Waals surface area contributed by atoms with Gasteiger partial charge in [0.15, 0.2) is 0 Å². The van der Waals surface area contributed by atoms with Crippen molar-refractivity contribution in [3.63, 3.8) is 0 Å². The summed E-state index contributed by atoms with van der Waals surface area (Å²) in [7, 11) is 0. The third kappa shape index (κ3) is 3.91. The smallest absolute Gasteiger partial charge is 0.0829 e. The van der Waals surface area contributed by atoms with E-state index in [9.17, 15) is 0 Å². The summed E-state index contributed by atoms with van der Waals surface area (Å²) in [4.78, 5) is 5.06. The maximum Gasteiger partial charge on any atom is 0.0829 e. The maximum absolute atomic E-state index is 5.89. The molecule has 2 atom stereocenters. The van der Waals surface area contributed by atoms with Crippen molar-refractivity contribution in [2.45, 2.75) is 39.0 Å². The number of morpholine rings is 1. The van der Waals surface area contributed by atoms with E-state index in [1.54, 1.807) is 0 Å². The number of ether oxygens (including phenoxy) is 1. The summed E-state index contributed by atoms with van der Waals surface area (Å²) in [6.07, 6.45) is 0.399. The lowest BCUT2D eigenvalue weighted by Gasteiger charge is -2.39. The quantitative estimate of drug-likeness (QED) is 0.773. The molecule has 0 spiro atoms. The predicted molar refractivity (Wildman–Crippen MR) is 70.4 cm³/mol. The minimum absolute atomic E-state index is 0.399. The van der Waals surface area contributed by atoms with E-state index in [1.807, 2.05) is 0 Å². The van der Waals surface area contributed by atoms with E-state index in [1.165, 1.54) is 0 Å². The van der Waals surface area contributed by atoms with E-state index < -0.39 is 0 Å². The molecule has 0 aromatic heterocycles. The minimum atomic E-state index is 0.399. The van der Waals surface area contributed by atoms with E-state index in [0.29, 0.717) is 18.2 Å². The Morgan fingerprint density at radius 3 is 2.82 bits per heavy atom. The van der Waals surface area contributed by atoms with E-state index in [-0.39, 0.29) is 0 Å². The molecule has 2 saturated heterocycles. The van der Waals surface area contributed by atoms with E-state index in [4.69, 9.17) is 4.74 Å². The predicted octanol–water partition coefficient (Wildman–Crippen LogP) is 0.389. The zero-order valence-corrected chi connectivity index (χ0v) is 11.5. The van der Waals surface area contributed by atoms with Crippen molar-refractivity contribution in [2.75, 3.05) is 45.9 Å². The first kappa shape index (κ1) is 13.3. The van der Waals surface area contributed by atoms with Gasteiger partial charge in [0.25, 0.3) is 0 Å². The summed E-state index contributed by atoms with van der Waals surface area (Å²) in [5.74, 6) is 0. The number of hydrogen-bond donors (Lipinski definition) is 1. The van der Waals surface area contributed by atoms with E-state index >= 15 is 0 Å². The van der Waals surface area contributed by atoms with Crippen LogP contribution in [0, 0.1) is 0 Å². The number of piperazine rings is 1. The Kier molecular flexibility index (Phi) is 4.79. The van der Waals surface area contributed by atoms with Crippen molar-refractivity contribution in [2.24, 2.45) is 0 Å². The molecule has 4 nitrogen and oxygen atoms in total. The fourth-order valence-electron chi connectivity index (χ4n) is 2.79. The molecular weight excluding hydrogens is 214 g/mol. The van der Waals surface area contributed by atoms with Gasteiger partial charge >= 0.3 is 0 Å². The molecule has 4 heteroatoms. The molecule has 2 rings (SSSR count). The third-order valence-corrected chi connectivity index (χ3v) is 3.82. The van der Waals surface area contributed by atoms with Crippen LogP contribution in [0.5, 0.6) is 0 Å². The van der Waals surface area contributed by atoms with Crippen LogP contribution in [0.4, 0.5) is 0 Å². The molecular formula is C13H27N3O. The Morgan fingerprint density at radius 1 is 1.29 bits per heavy atom. The molecule has 0 aliphatic carbocycles. The second kappa shape index (κ2) is 6.14. The molecule has 0 bridgehead atoms. The van der Waals surface area contributed by atoms with Crippen LogP contribution in [0.3, 0.4) is 0 Å². The van der Waals surface area contributed by atoms with Crippen LogP contribution in [-0.2, 0) is 4.74 Å². The summed E-state index contributed by atoms with van der Waals surface area (Å²) >= 11 is 0. The van der Waals surface area contributed by atoms with Gasteiger partial charge in [-0.1, -0.05) is 0 Å². The summed E-state index contributed by atoms with van der Waals surface area (Å²) < 4.78 is 5.89. The van der Waals surface area contributed by atoms with Crippen LogP contribution in [0.1, 0.15) is 20.8 Å². The Balaban J connectivity index is 1.78. The molecule has 17 heavy (non-hydrogen) atoms. The highest BCUT2D eigenvalue weighted by atomic mass is 16.5. The van der Waals surface area contributed by atoms with Crippen molar-refractivity contribution in [1.82, 2.24) is 15.1 Å². The monoisotopic (exact) mass is 241 g/mol. The topological polar surface area (TPSA) is 27.7 Å². The van der Waals surface area contributed by atoms with E-state index in [0.717, 1.165) is 45.9 Å². The van der Waals surface area contributed by atoms with Crippen molar-refractivity contribution in [1.29, 1.82) is 0 Å². The van der Waals surface area contributed by atoms with Crippen LogP contribution in [0.15, 0.2) is 0 Å². The van der Waals surface area contributed by atoms with Crippen molar-refractivity contribution < 1.29 is 4.74 Å². The lowest BCUT2D eigenvalue weighted by molar-refractivity contribution is -0.0543. The fraction of sp³-hybridized carbons (Fsp3) is 1.00. The second-order valence-electron chi connectivity index (χ2n) is 5.70. The molecule has 2 aliphatic heterocycles. The van der Waals surface area contributed by atoms with Gasteiger partial charge in [0, 0.05) is 51.4 Å². The Hall–Kier alpha value is -0.160. The average molecular weight is 241 g/mol. The molecule has 0 amide bonds. The van der Waals surface area contributed by atoms with E-state index in [2.05, 4.69) is 35.9 Å². The molecule has 0 saturated carbocycles. The number of hydrogen-bond acceptors (Lipinski definition) is 4. The van der Waals surface area contributed by atoms with Gasteiger partial charge in [-0.05, 0) is 20.8 Å². The highest BCUT2D eigenvalue weighted by Crippen LogP contribution is 2.11. The number of nitrogens with zero attached hydrogens (tertiary/aromatic N) is 2. The van der Waals surface area contributed by atoms with Crippen LogP contribution >= 0.6 is 0 Å². The van der Waals surface area contributed by atoms with Crippen LogP contribution in [-0.4, -0.2) is 73.9 Å². The molecule has 1 N–H and O–H groups in total. The highest BCUT2D eigenvalue weighted by Gasteiger charge is 2.25. The highest BCUT2D eigenvalue weighted by molar-refractivity contribution is 4.81. The van der Waals surface area contributed by atoms with Gasteiger partial charge in [-0.25, -0.2) is 0 Å². The fourth-order valence-corrected chi connectivity index (χ4v) is 2.79. The van der Waals surface area contributed by atoms with Gasteiger partial charge < -0.3 is 10.1 Å². The van der Waals surface area contributed by atoms with Gasteiger partial charge in [-0.3, -0.25) is 9.80 Å². The van der Waals surface area contributed by atoms with Crippen molar-refractivity contribution in [3.05, 3.63) is 0 Å². The minimum Gasteiger partial charge on any atom is -0.374 e. The molecule has 2 fully saturated rings. The first-order chi connectivity index (χ1) is 8.15. The first-order valence-electron chi connectivity index (χ1n) is 6.96. The van der Waals surface area contributed by atoms with Crippen molar-refractivity contribution >= 4 is 0 Å². The molecule has 100 valence electrons. The SMILES string of the molecule is CC1CN(CC2CN(C(C)C)CCO2)CCN1. The summed E-state index contributed by atoms with van der Waals surface area (Å²) in [6, 6.07) is 1.26. The summed E-state index contributed by atoms with van der Waals surface area (Å²) in [5.41, 5.74) is 0. The van der Waals surface area contributed by atoms with Crippen LogP contribution in [0.2, 0.25) is 0 Å². The number of rotatable bonds is 3. The van der Waals surface area contributed by atoms with Crippen LogP contribution < -0.4 is 5.32 Å². The zero-order chi connectivity index (χ0) is 12.3. The largest absolute Gasteiger partial charge is 0.374 e. The van der Waals surface area contributed by atoms with Gasteiger partial charge in [-0.2, -0.15) is 0 Å². The first-order valence-corrected chi connectivity index (χ1v) is 6.96.